The average Bonchev–Trinajstić information content (AvgIpc) is 3.33. The van der Waals surface area contributed by atoms with Gasteiger partial charge in [-0.15, -0.1) is 0 Å². The summed E-state index contributed by atoms with van der Waals surface area (Å²) >= 11 is 0. The molecule has 29 heavy (non-hydrogen) atoms. The van der Waals surface area contributed by atoms with Crippen molar-refractivity contribution in [2.24, 2.45) is 11.8 Å². The van der Waals surface area contributed by atoms with Crippen molar-refractivity contribution >= 4 is 11.8 Å². The molecule has 0 aromatic heterocycles. The number of amides is 2. The van der Waals surface area contributed by atoms with E-state index in [2.05, 4.69) is 21.1 Å². The van der Waals surface area contributed by atoms with Crippen LogP contribution >= 0.6 is 0 Å². The van der Waals surface area contributed by atoms with E-state index in [0.717, 1.165) is 70.5 Å². The first-order chi connectivity index (χ1) is 14.2. The van der Waals surface area contributed by atoms with Crippen molar-refractivity contribution in [1.29, 1.82) is 0 Å². The Labute approximate surface area is 173 Å². The van der Waals surface area contributed by atoms with Crippen LogP contribution in [-0.4, -0.2) is 66.9 Å². The van der Waals surface area contributed by atoms with Gasteiger partial charge in [-0.3, -0.25) is 25.3 Å². The molecule has 0 spiro atoms. The number of carbonyl (C=O) groups is 2. The number of hydrogen-bond acceptors (Lipinski definition) is 5. The molecule has 0 saturated carbocycles. The van der Waals surface area contributed by atoms with Crippen LogP contribution in [0.2, 0.25) is 0 Å². The van der Waals surface area contributed by atoms with Gasteiger partial charge in [0, 0.05) is 45.3 Å². The highest BCUT2D eigenvalue weighted by molar-refractivity contribution is 5.80. The van der Waals surface area contributed by atoms with Crippen molar-refractivity contribution in [2.75, 3.05) is 39.3 Å². The molecule has 7 nitrogen and oxygen atoms in total. The van der Waals surface area contributed by atoms with Crippen LogP contribution in [0.25, 0.3) is 0 Å². The quantitative estimate of drug-likeness (QED) is 0.681. The maximum absolute atomic E-state index is 12.7. The topological polar surface area (TPSA) is 76.7 Å². The molecule has 7 heteroatoms. The summed E-state index contributed by atoms with van der Waals surface area (Å²) < 4.78 is 0. The molecule has 3 saturated heterocycles. The van der Waals surface area contributed by atoms with E-state index >= 15 is 0 Å². The molecule has 3 N–H and O–H groups in total. The summed E-state index contributed by atoms with van der Waals surface area (Å²) in [6, 6.07) is 10.6. The van der Waals surface area contributed by atoms with E-state index in [0.29, 0.717) is 12.6 Å². The Bertz CT molecular complexity index is 684. The molecule has 2 amide bonds. The van der Waals surface area contributed by atoms with Gasteiger partial charge in [0.1, 0.15) is 0 Å². The van der Waals surface area contributed by atoms with E-state index in [9.17, 15) is 9.59 Å². The second-order valence-corrected chi connectivity index (χ2v) is 8.55. The van der Waals surface area contributed by atoms with Gasteiger partial charge in [-0.25, -0.2) is 0 Å². The van der Waals surface area contributed by atoms with E-state index < -0.39 is 0 Å². The zero-order valence-corrected chi connectivity index (χ0v) is 17.1. The average molecular weight is 400 g/mol. The van der Waals surface area contributed by atoms with Crippen LogP contribution in [0.5, 0.6) is 0 Å². The minimum absolute atomic E-state index is 0.0687. The van der Waals surface area contributed by atoms with Gasteiger partial charge in [0.25, 0.3) is 0 Å². The van der Waals surface area contributed by atoms with Crippen LogP contribution in [-0.2, 0) is 16.1 Å². The van der Waals surface area contributed by atoms with Crippen molar-refractivity contribution in [1.82, 2.24) is 26.0 Å². The Kier molecular flexibility index (Phi) is 6.79. The summed E-state index contributed by atoms with van der Waals surface area (Å²) in [5, 5.41) is 3.12. The molecule has 0 aliphatic carbocycles. The van der Waals surface area contributed by atoms with Crippen LogP contribution in [0, 0.1) is 11.8 Å². The molecule has 3 heterocycles. The van der Waals surface area contributed by atoms with Gasteiger partial charge in [-0.05, 0) is 37.8 Å². The van der Waals surface area contributed by atoms with Crippen molar-refractivity contribution < 1.29 is 9.59 Å². The number of piperidine rings is 2. The third-order valence-corrected chi connectivity index (χ3v) is 6.60. The fourth-order valence-corrected chi connectivity index (χ4v) is 4.83. The maximum Gasteiger partial charge on any atom is 0.228 e. The first kappa shape index (κ1) is 20.3. The van der Waals surface area contributed by atoms with Gasteiger partial charge in [0.15, 0.2) is 0 Å². The summed E-state index contributed by atoms with van der Waals surface area (Å²) in [6.07, 6.45) is 4.06. The van der Waals surface area contributed by atoms with Crippen molar-refractivity contribution in [2.45, 2.75) is 38.3 Å². The fourth-order valence-electron chi connectivity index (χ4n) is 4.83. The Hall–Kier alpha value is -1.96. The predicted molar refractivity (Wildman–Crippen MR) is 112 cm³/mol. The molecule has 3 aliphatic rings. The van der Waals surface area contributed by atoms with Crippen molar-refractivity contribution in [3.05, 3.63) is 35.9 Å². The highest BCUT2D eigenvalue weighted by Crippen LogP contribution is 2.25. The SMILES string of the molecule is O=C(NCc1ccccc1)C1CCCN(C2CCN(C(=O)C3CNNC3)CC2)C1. The second kappa shape index (κ2) is 9.69. The summed E-state index contributed by atoms with van der Waals surface area (Å²) in [7, 11) is 0. The number of benzene rings is 1. The highest BCUT2D eigenvalue weighted by atomic mass is 16.2. The molecule has 4 rings (SSSR count). The number of nitrogens with one attached hydrogen (secondary N) is 3. The number of carbonyl (C=O) groups excluding carboxylic acids is 2. The molecule has 1 aromatic rings. The molecule has 0 radical (unpaired) electrons. The molecular weight excluding hydrogens is 366 g/mol. The van der Waals surface area contributed by atoms with Crippen molar-refractivity contribution in [3.8, 4) is 0 Å². The third kappa shape index (κ3) is 5.15. The van der Waals surface area contributed by atoms with Crippen LogP contribution in [0.1, 0.15) is 31.2 Å². The lowest BCUT2D eigenvalue weighted by Gasteiger charge is -2.42. The smallest absolute Gasteiger partial charge is 0.228 e. The van der Waals surface area contributed by atoms with E-state index in [4.69, 9.17) is 0 Å². The van der Waals surface area contributed by atoms with Crippen LogP contribution in [0.15, 0.2) is 30.3 Å². The lowest BCUT2D eigenvalue weighted by molar-refractivity contribution is -0.136. The molecule has 3 fully saturated rings. The van der Waals surface area contributed by atoms with Gasteiger partial charge in [-0.2, -0.15) is 0 Å². The zero-order chi connectivity index (χ0) is 20.1. The Morgan fingerprint density at radius 1 is 0.966 bits per heavy atom. The summed E-state index contributed by atoms with van der Waals surface area (Å²) in [5.74, 6) is 0.590. The number of hydrogen-bond donors (Lipinski definition) is 3. The summed E-state index contributed by atoms with van der Waals surface area (Å²) in [5.41, 5.74) is 7.23. The molecule has 3 aliphatic heterocycles. The number of hydrazine groups is 1. The monoisotopic (exact) mass is 399 g/mol. The Morgan fingerprint density at radius 3 is 2.41 bits per heavy atom. The molecule has 1 aromatic carbocycles. The third-order valence-electron chi connectivity index (χ3n) is 6.60. The largest absolute Gasteiger partial charge is 0.352 e. The van der Waals surface area contributed by atoms with Crippen LogP contribution in [0.3, 0.4) is 0 Å². The maximum atomic E-state index is 12.7. The van der Waals surface area contributed by atoms with Crippen molar-refractivity contribution in [3.63, 3.8) is 0 Å². The number of rotatable bonds is 5. The molecular formula is C22H33N5O2. The molecule has 158 valence electrons. The standard InChI is InChI=1S/C22H33N5O2/c28-21(23-13-17-5-2-1-3-6-17)18-7-4-10-27(16-18)20-8-11-26(12-9-20)22(29)19-14-24-25-15-19/h1-3,5-6,18-20,24-25H,4,7-16H2,(H,23,28). The van der Waals surface area contributed by atoms with E-state index in [-0.39, 0.29) is 23.7 Å². The van der Waals surface area contributed by atoms with E-state index in [1.54, 1.807) is 0 Å². The van der Waals surface area contributed by atoms with E-state index in [1.807, 2.05) is 35.2 Å². The second-order valence-electron chi connectivity index (χ2n) is 8.55. The molecule has 1 atom stereocenters. The Morgan fingerprint density at radius 2 is 1.69 bits per heavy atom. The minimum Gasteiger partial charge on any atom is -0.352 e. The normalized spacial score (nSPS) is 24.6. The van der Waals surface area contributed by atoms with E-state index in [1.165, 1.54) is 0 Å². The first-order valence-electron chi connectivity index (χ1n) is 11.0. The van der Waals surface area contributed by atoms with Crippen LogP contribution < -0.4 is 16.2 Å². The summed E-state index contributed by atoms with van der Waals surface area (Å²) in [6.45, 7) is 5.63. The Balaban J connectivity index is 1.23. The predicted octanol–water partition coefficient (Wildman–Crippen LogP) is 0.730. The zero-order valence-electron chi connectivity index (χ0n) is 17.1. The lowest BCUT2D eigenvalue weighted by Crippen LogP contribution is -2.52. The van der Waals surface area contributed by atoms with Gasteiger partial charge >= 0.3 is 0 Å². The van der Waals surface area contributed by atoms with Gasteiger partial charge in [0.05, 0.1) is 11.8 Å². The summed E-state index contributed by atoms with van der Waals surface area (Å²) in [4.78, 5) is 29.8. The number of nitrogens with zero attached hydrogens (tertiary/aromatic N) is 2. The lowest BCUT2D eigenvalue weighted by atomic mass is 9.93. The van der Waals surface area contributed by atoms with Gasteiger partial charge in [-0.1, -0.05) is 30.3 Å². The first-order valence-corrected chi connectivity index (χ1v) is 11.0. The molecule has 1 unspecified atom stereocenters. The minimum atomic E-state index is 0.0687. The van der Waals surface area contributed by atoms with Crippen LogP contribution in [0.4, 0.5) is 0 Å². The highest BCUT2D eigenvalue weighted by Gasteiger charge is 2.34. The molecule has 0 bridgehead atoms. The van der Waals surface area contributed by atoms with Gasteiger partial charge < -0.3 is 10.2 Å². The number of likely N-dealkylation sites (tertiary alicyclic amines) is 2. The van der Waals surface area contributed by atoms with Gasteiger partial charge in [0.2, 0.25) is 11.8 Å². The fraction of sp³-hybridized carbons (Fsp3) is 0.636.